The number of hydrogen-bond donors (Lipinski definition) is 4. The molecule has 1 fully saturated rings. The van der Waals surface area contributed by atoms with Gasteiger partial charge in [0.1, 0.15) is 0 Å². The SMILES string of the molecule is O=C(O)c1ccc(N2NNNC2SCCc2ccccc2)cc1. The Morgan fingerprint density at radius 3 is 2.57 bits per heavy atom. The minimum atomic E-state index is -0.920. The first-order valence-corrected chi connectivity index (χ1v) is 8.33. The van der Waals surface area contributed by atoms with E-state index in [-0.39, 0.29) is 11.1 Å². The lowest BCUT2D eigenvalue weighted by Crippen LogP contribution is -2.38. The van der Waals surface area contributed by atoms with Crippen LogP contribution in [0.15, 0.2) is 54.6 Å². The minimum absolute atomic E-state index is 0.0226. The van der Waals surface area contributed by atoms with Crippen LogP contribution in [0.3, 0.4) is 0 Å². The van der Waals surface area contributed by atoms with Crippen molar-refractivity contribution in [2.75, 3.05) is 10.8 Å². The summed E-state index contributed by atoms with van der Waals surface area (Å²) >= 11 is 1.77. The first-order chi connectivity index (χ1) is 11.2. The first-order valence-electron chi connectivity index (χ1n) is 7.28. The van der Waals surface area contributed by atoms with Gasteiger partial charge >= 0.3 is 5.97 Å². The zero-order valence-electron chi connectivity index (χ0n) is 12.4. The molecule has 2 aromatic carbocycles. The number of rotatable bonds is 6. The quantitative estimate of drug-likeness (QED) is 0.645. The van der Waals surface area contributed by atoms with Gasteiger partial charge in [-0.3, -0.25) is 5.01 Å². The van der Waals surface area contributed by atoms with Gasteiger partial charge < -0.3 is 5.11 Å². The second kappa shape index (κ2) is 7.47. The van der Waals surface area contributed by atoms with E-state index in [1.54, 1.807) is 36.0 Å². The summed E-state index contributed by atoms with van der Waals surface area (Å²) in [4.78, 5) is 10.9. The lowest BCUT2D eigenvalue weighted by molar-refractivity contribution is 0.0697. The zero-order chi connectivity index (χ0) is 16.1. The fourth-order valence-electron chi connectivity index (χ4n) is 2.29. The van der Waals surface area contributed by atoms with E-state index in [2.05, 4.69) is 28.6 Å². The Bertz CT molecular complexity index is 651. The summed E-state index contributed by atoms with van der Waals surface area (Å²) in [6, 6.07) is 17.1. The molecule has 7 heteroatoms. The van der Waals surface area contributed by atoms with Crippen LogP contribution in [0.4, 0.5) is 5.69 Å². The number of nitrogens with zero attached hydrogens (tertiary/aromatic N) is 1. The third kappa shape index (κ3) is 4.02. The van der Waals surface area contributed by atoms with Crippen LogP contribution in [0, 0.1) is 0 Å². The predicted octanol–water partition coefficient (Wildman–Crippen LogP) is 1.98. The number of thioether (sulfide) groups is 1. The first kappa shape index (κ1) is 15.8. The maximum atomic E-state index is 10.9. The molecule has 4 N–H and O–H groups in total. The van der Waals surface area contributed by atoms with Crippen molar-refractivity contribution in [2.24, 2.45) is 0 Å². The summed E-state index contributed by atoms with van der Waals surface area (Å²) in [5.41, 5.74) is 11.6. The third-order valence-corrected chi connectivity index (χ3v) is 4.59. The molecule has 0 aliphatic carbocycles. The maximum absolute atomic E-state index is 10.9. The van der Waals surface area contributed by atoms with Gasteiger partial charge in [0.05, 0.1) is 11.3 Å². The zero-order valence-corrected chi connectivity index (χ0v) is 13.2. The van der Waals surface area contributed by atoms with Gasteiger partial charge in [0.15, 0.2) is 5.50 Å². The second-order valence-electron chi connectivity index (χ2n) is 5.06. The molecule has 1 saturated heterocycles. The molecule has 120 valence electrons. The number of carboxylic acid groups (broad SMARTS) is 1. The summed E-state index contributed by atoms with van der Waals surface area (Å²) < 4.78 is 0. The van der Waals surface area contributed by atoms with Crippen LogP contribution in [-0.4, -0.2) is 22.3 Å². The van der Waals surface area contributed by atoms with Gasteiger partial charge in [-0.05, 0) is 36.2 Å². The Balaban J connectivity index is 1.58. The second-order valence-corrected chi connectivity index (χ2v) is 6.25. The van der Waals surface area contributed by atoms with Gasteiger partial charge in [-0.1, -0.05) is 30.3 Å². The lowest BCUT2D eigenvalue weighted by Gasteiger charge is -2.23. The minimum Gasteiger partial charge on any atom is -0.478 e. The Kier molecular flexibility index (Phi) is 5.14. The van der Waals surface area contributed by atoms with Crippen molar-refractivity contribution in [3.63, 3.8) is 0 Å². The topological polar surface area (TPSA) is 76.6 Å². The third-order valence-electron chi connectivity index (χ3n) is 3.51. The molecule has 2 aromatic rings. The highest BCUT2D eigenvalue weighted by atomic mass is 32.2. The smallest absolute Gasteiger partial charge is 0.335 e. The number of benzene rings is 2. The number of hydrazine groups is 3. The predicted molar refractivity (Wildman–Crippen MR) is 91.7 cm³/mol. The molecular formula is C16H18N4O2S. The molecule has 0 saturated carbocycles. The van der Waals surface area contributed by atoms with E-state index >= 15 is 0 Å². The summed E-state index contributed by atoms with van der Waals surface area (Å²) in [5, 5.41) is 10.9. The standard InChI is InChI=1S/C16H18N4O2S/c21-15(22)13-6-8-14(9-7-13)20-16(17-18-19-20)23-11-10-12-4-2-1-3-5-12/h1-9,16-19H,10-11H2,(H,21,22). The van der Waals surface area contributed by atoms with Crippen LogP contribution in [0.2, 0.25) is 0 Å². The number of nitrogens with one attached hydrogen (secondary N) is 3. The van der Waals surface area contributed by atoms with Crippen LogP contribution < -0.4 is 21.5 Å². The van der Waals surface area contributed by atoms with E-state index in [0.29, 0.717) is 0 Å². The van der Waals surface area contributed by atoms with E-state index in [1.807, 2.05) is 23.2 Å². The molecule has 1 atom stereocenters. The monoisotopic (exact) mass is 330 g/mol. The average molecular weight is 330 g/mol. The highest BCUT2D eigenvalue weighted by Gasteiger charge is 2.24. The fourth-order valence-corrected chi connectivity index (χ4v) is 3.33. The van der Waals surface area contributed by atoms with Gasteiger partial charge in [0.25, 0.3) is 0 Å². The maximum Gasteiger partial charge on any atom is 0.335 e. The fraction of sp³-hybridized carbons (Fsp3) is 0.188. The van der Waals surface area contributed by atoms with E-state index in [4.69, 9.17) is 5.11 Å². The molecule has 1 heterocycles. The van der Waals surface area contributed by atoms with Gasteiger partial charge in [0.2, 0.25) is 0 Å². The molecule has 0 amide bonds. The lowest BCUT2D eigenvalue weighted by atomic mass is 10.2. The summed E-state index contributed by atoms with van der Waals surface area (Å²) in [6.07, 6.45) is 0.996. The van der Waals surface area contributed by atoms with Crippen molar-refractivity contribution in [3.8, 4) is 0 Å². The Morgan fingerprint density at radius 2 is 1.87 bits per heavy atom. The van der Waals surface area contributed by atoms with Gasteiger partial charge in [-0.25, -0.2) is 10.2 Å². The van der Waals surface area contributed by atoms with Crippen LogP contribution in [0.5, 0.6) is 0 Å². The Labute approximate surface area is 138 Å². The van der Waals surface area contributed by atoms with Gasteiger partial charge in [0, 0.05) is 5.75 Å². The summed E-state index contributed by atoms with van der Waals surface area (Å²) in [5.74, 6) is 0.0466. The van der Waals surface area contributed by atoms with Gasteiger partial charge in [-0.2, -0.15) is 11.1 Å². The Hall–Kier alpha value is -2.06. The van der Waals surface area contributed by atoms with E-state index in [1.165, 1.54) is 5.56 Å². The van der Waals surface area contributed by atoms with Crippen molar-refractivity contribution in [1.29, 1.82) is 0 Å². The van der Waals surface area contributed by atoms with Crippen molar-refractivity contribution in [3.05, 3.63) is 65.7 Å². The molecule has 0 aromatic heterocycles. The summed E-state index contributed by atoms with van der Waals surface area (Å²) in [6.45, 7) is 0. The summed E-state index contributed by atoms with van der Waals surface area (Å²) in [7, 11) is 0. The number of hydrogen-bond acceptors (Lipinski definition) is 6. The molecule has 1 aliphatic rings. The van der Waals surface area contributed by atoms with Crippen molar-refractivity contribution >= 4 is 23.4 Å². The molecule has 1 aliphatic heterocycles. The van der Waals surface area contributed by atoms with Crippen LogP contribution in [-0.2, 0) is 6.42 Å². The highest BCUT2D eigenvalue weighted by Crippen LogP contribution is 2.22. The van der Waals surface area contributed by atoms with Crippen LogP contribution >= 0.6 is 11.8 Å². The molecule has 0 spiro atoms. The largest absolute Gasteiger partial charge is 0.478 e. The molecule has 0 radical (unpaired) electrons. The van der Waals surface area contributed by atoms with Crippen molar-refractivity contribution in [1.82, 2.24) is 16.5 Å². The number of carboxylic acids is 1. The Morgan fingerprint density at radius 1 is 1.13 bits per heavy atom. The number of aromatic carboxylic acids is 1. The van der Waals surface area contributed by atoms with Crippen molar-refractivity contribution in [2.45, 2.75) is 11.9 Å². The molecular weight excluding hydrogens is 312 g/mol. The normalized spacial score (nSPS) is 17.4. The van der Waals surface area contributed by atoms with Gasteiger partial charge in [-0.15, -0.1) is 11.8 Å². The number of carbonyl (C=O) groups is 1. The number of anilines is 1. The average Bonchev–Trinajstić information content (AvgIpc) is 3.04. The number of aryl methyl sites for hydroxylation is 1. The van der Waals surface area contributed by atoms with Crippen LogP contribution in [0.1, 0.15) is 15.9 Å². The molecule has 1 unspecified atom stereocenters. The van der Waals surface area contributed by atoms with Crippen LogP contribution in [0.25, 0.3) is 0 Å². The molecule has 23 heavy (non-hydrogen) atoms. The van der Waals surface area contributed by atoms with E-state index in [9.17, 15) is 4.79 Å². The van der Waals surface area contributed by atoms with Crippen molar-refractivity contribution < 1.29 is 9.90 Å². The van der Waals surface area contributed by atoms with E-state index < -0.39 is 5.97 Å². The van der Waals surface area contributed by atoms with E-state index in [0.717, 1.165) is 17.9 Å². The molecule has 6 nitrogen and oxygen atoms in total. The highest BCUT2D eigenvalue weighted by molar-refractivity contribution is 7.99. The molecule has 3 rings (SSSR count). The molecule has 0 bridgehead atoms.